The highest BCUT2D eigenvalue weighted by Gasteiger charge is 2.37. The van der Waals surface area contributed by atoms with Crippen molar-refractivity contribution < 1.29 is 8.42 Å². The third-order valence-electron chi connectivity index (χ3n) is 4.60. The van der Waals surface area contributed by atoms with Crippen LogP contribution in [0.4, 0.5) is 0 Å². The Morgan fingerprint density at radius 3 is 2.28 bits per heavy atom. The van der Waals surface area contributed by atoms with Gasteiger partial charge in [0.1, 0.15) is 0 Å². The molecule has 0 radical (unpaired) electrons. The van der Waals surface area contributed by atoms with Crippen LogP contribution in [0.25, 0.3) is 0 Å². The van der Waals surface area contributed by atoms with Crippen LogP contribution in [0.1, 0.15) is 64.7 Å². The van der Waals surface area contributed by atoms with Gasteiger partial charge in [-0.15, -0.1) is 0 Å². The first-order valence-corrected chi connectivity index (χ1v) is 9.21. The number of nitrogens with one attached hydrogen (secondary N) is 1. The molecule has 2 atom stereocenters. The van der Waals surface area contributed by atoms with Gasteiger partial charge < -0.3 is 5.32 Å². The van der Waals surface area contributed by atoms with Gasteiger partial charge in [-0.05, 0) is 38.6 Å². The molecule has 2 rings (SSSR count). The molecule has 0 heterocycles. The lowest BCUT2D eigenvalue weighted by molar-refractivity contribution is 0.372. The Balaban J connectivity index is 1.99. The quantitative estimate of drug-likeness (QED) is 0.856. The molecule has 2 fully saturated rings. The van der Waals surface area contributed by atoms with Crippen LogP contribution in [0, 0.1) is 0 Å². The average Bonchev–Trinajstić information content (AvgIpc) is 2.40. The maximum absolute atomic E-state index is 12.7. The van der Waals surface area contributed by atoms with Gasteiger partial charge in [-0.25, -0.2) is 8.42 Å². The Labute approximate surface area is 112 Å². The lowest BCUT2D eigenvalue weighted by Crippen LogP contribution is -2.42. The van der Waals surface area contributed by atoms with Crippen molar-refractivity contribution in [1.82, 2.24) is 5.32 Å². The molecular weight excluding hydrogens is 246 g/mol. The zero-order chi connectivity index (χ0) is 13.0. The summed E-state index contributed by atoms with van der Waals surface area (Å²) in [5, 5.41) is 3.32. The molecule has 0 aromatic heterocycles. The summed E-state index contributed by atoms with van der Waals surface area (Å²) in [6, 6.07) is 0.423. The molecule has 0 spiro atoms. The van der Waals surface area contributed by atoms with Crippen LogP contribution in [0.15, 0.2) is 0 Å². The van der Waals surface area contributed by atoms with Gasteiger partial charge in [-0.2, -0.15) is 0 Å². The topological polar surface area (TPSA) is 46.2 Å². The van der Waals surface area contributed by atoms with Crippen LogP contribution in [-0.2, 0) is 9.84 Å². The molecule has 0 aromatic carbocycles. The second kappa shape index (κ2) is 6.38. The summed E-state index contributed by atoms with van der Waals surface area (Å²) >= 11 is 0. The van der Waals surface area contributed by atoms with Crippen LogP contribution in [0.5, 0.6) is 0 Å². The first-order chi connectivity index (χ1) is 8.64. The van der Waals surface area contributed by atoms with Gasteiger partial charge in [0.25, 0.3) is 0 Å². The molecule has 2 aliphatic carbocycles. The van der Waals surface area contributed by atoms with E-state index in [1.807, 2.05) is 0 Å². The normalized spacial score (nSPS) is 31.4. The molecule has 2 unspecified atom stereocenters. The summed E-state index contributed by atoms with van der Waals surface area (Å²) in [6.07, 6.45) is 9.18. The number of sulfone groups is 1. The van der Waals surface area contributed by atoms with Gasteiger partial charge in [0.05, 0.1) is 10.5 Å². The van der Waals surface area contributed by atoms with Crippen LogP contribution in [0.2, 0.25) is 0 Å². The van der Waals surface area contributed by atoms with Crippen molar-refractivity contribution in [2.24, 2.45) is 0 Å². The van der Waals surface area contributed by atoms with Crippen molar-refractivity contribution in [3.8, 4) is 0 Å². The van der Waals surface area contributed by atoms with Crippen molar-refractivity contribution in [2.75, 3.05) is 6.54 Å². The molecule has 0 saturated heterocycles. The van der Waals surface area contributed by atoms with Crippen LogP contribution in [-0.4, -0.2) is 31.5 Å². The molecule has 18 heavy (non-hydrogen) atoms. The number of rotatable bonds is 4. The molecule has 0 aliphatic heterocycles. The molecule has 0 aromatic rings. The first kappa shape index (κ1) is 14.3. The van der Waals surface area contributed by atoms with Crippen molar-refractivity contribution in [2.45, 2.75) is 81.3 Å². The molecule has 106 valence electrons. The maximum atomic E-state index is 12.7. The van der Waals surface area contributed by atoms with E-state index in [4.69, 9.17) is 0 Å². The summed E-state index contributed by atoms with van der Waals surface area (Å²) in [7, 11) is -2.88. The summed E-state index contributed by atoms with van der Waals surface area (Å²) in [4.78, 5) is 0. The fourth-order valence-corrected chi connectivity index (χ4v) is 6.11. The Morgan fingerprint density at radius 1 is 0.944 bits per heavy atom. The van der Waals surface area contributed by atoms with Crippen molar-refractivity contribution in [3.63, 3.8) is 0 Å². The fraction of sp³-hybridized carbons (Fsp3) is 1.00. The van der Waals surface area contributed by atoms with Crippen molar-refractivity contribution >= 4 is 9.84 Å². The molecular formula is C14H27NO2S. The van der Waals surface area contributed by atoms with Crippen molar-refractivity contribution in [1.29, 1.82) is 0 Å². The van der Waals surface area contributed by atoms with E-state index in [0.717, 1.165) is 57.9 Å². The number of hydrogen-bond donors (Lipinski definition) is 1. The minimum absolute atomic E-state index is 0.0309. The molecule has 2 saturated carbocycles. The number of hydrogen-bond acceptors (Lipinski definition) is 3. The predicted octanol–water partition coefficient (Wildman–Crippen LogP) is 2.65. The van der Waals surface area contributed by atoms with Gasteiger partial charge in [0.15, 0.2) is 9.84 Å². The highest BCUT2D eigenvalue weighted by molar-refractivity contribution is 7.92. The minimum Gasteiger partial charge on any atom is -0.314 e. The van der Waals surface area contributed by atoms with E-state index in [0.29, 0.717) is 6.04 Å². The highest BCUT2D eigenvalue weighted by Crippen LogP contribution is 2.32. The zero-order valence-electron chi connectivity index (χ0n) is 11.5. The van der Waals surface area contributed by atoms with E-state index < -0.39 is 9.84 Å². The van der Waals surface area contributed by atoms with Crippen LogP contribution >= 0.6 is 0 Å². The van der Waals surface area contributed by atoms with Gasteiger partial charge in [-0.3, -0.25) is 0 Å². The third kappa shape index (κ3) is 3.27. The van der Waals surface area contributed by atoms with Crippen molar-refractivity contribution in [3.05, 3.63) is 0 Å². The van der Waals surface area contributed by atoms with Crippen LogP contribution < -0.4 is 5.32 Å². The molecule has 0 amide bonds. The van der Waals surface area contributed by atoms with E-state index in [1.165, 1.54) is 6.42 Å². The molecule has 1 N–H and O–H groups in total. The minimum atomic E-state index is -2.88. The summed E-state index contributed by atoms with van der Waals surface area (Å²) < 4.78 is 25.3. The van der Waals surface area contributed by atoms with Gasteiger partial charge in [0.2, 0.25) is 0 Å². The van der Waals surface area contributed by atoms with E-state index >= 15 is 0 Å². The third-order valence-corrected chi connectivity index (χ3v) is 7.36. The largest absolute Gasteiger partial charge is 0.314 e. The standard InChI is InChI=1S/C14H27NO2S/c1-2-15-12-7-6-10-14(11-12)18(16,17)13-8-4-3-5-9-13/h12-15H,2-11H2,1H3. The SMILES string of the molecule is CCNC1CCCC(S(=O)(=O)C2CCCCC2)C1. The molecule has 2 aliphatic rings. The maximum Gasteiger partial charge on any atom is 0.156 e. The molecule has 3 nitrogen and oxygen atoms in total. The lowest BCUT2D eigenvalue weighted by Gasteiger charge is -2.33. The second-order valence-electron chi connectivity index (χ2n) is 5.89. The monoisotopic (exact) mass is 273 g/mol. The molecule has 0 bridgehead atoms. The zero-order valence-corrected chi connectivity index (χ0v) is 12.3. The Morgan fingerprint density at radius 2 is 1.61 bits per heavy atom. The van der Waals surface area contributed by atoms with Crippen LogP contribution in [0.3, 0.4) is 0 Å². The molecule has 4 heteroatoms. The van der Waals surface area contributed by atoms with Gasteiger partial charge in [-0.1, -0.05) is 32.6 Å². The Hall–Kier alpha value is -0.0900. The Kier molecular flexibility index (Phi) is 5.07. The van der Waals surface area contributed by atoms with E-state index in [9.17, 15) is 8.42 Å². The predicted molar refractivity (Wildman–Crippen MR) is 75.5 cm³/mol. The van der Waals surface area contributed by atoms with E-state index in [1.54, 1.807) is 0 Å². The lowest BCUT2D eigenvalue weighted by atomic mass is 9.95. The first-order valence-electron chi connectivity index (χ1n) is 7.60. The summed E-state index contributed by atoms with van der Waals surface area (Å²) in [5.74, 6) is 0. The second-order valence-corrected chi connectivity index (χ2v) is 8.40. The fourth-order valence-electron chi connectivity index (χ4n) is 3.58. The smallest absolute Gasteiger partial charge is 0.156 e. The highest BCUT2D eigenvalue weighted by atomic mass is 32.2. The average molecular weight is 273 g/mol. The van der Waals surface area contributed by atoms with Gasteiger partial charge in [0, 0.05) is 6.04 Å². The van der Waals surface area contributed by atoms with E-state index in [2.05, 4.69) is 12.2 Å². The Bertz CT molecular complexity index is 345. The van der Waals surface area contributed by atoms with E-state index in [-0.39, 0.29) is 10.5 Å². The van der Waals surface area contributed by atoms with Gasteiger partial charge >= 0.3 is 0 Å². The summed E-state index contributed by atoms with van der Waals surface area (Å²) in [6.45, 7) is 3.04. The summed E-state index contributed by atoms with van der Waals surface area (Å²) in [5.41, 5.74) is 0.